The molecule has 6 N–H and O–H groups in total. The van der Waals surface area contributed by atoms with E-state index in [1.807, 2.05) is 0 Å². The lowest BCUT2D eigenvalue weighted by atomic mass is 10.1. The van der Waals surface area contributed by atoms with Crippen LogP contribution in [0.4, 0.5) is 5.69 Å². The maximum absolute atomic E-state index is 12.7. The number of anilines is 1. The summed E-state index contributed by atoms with van der Waals surface area (Å²) in [5.41, 5.74) is 0.714. The Kier molecular flexibility index (Phi) is 9.45. The third-order valence-electron chi connectivity index (χ3n) is 5.58. The predicted molar refractivity (Wildman–Crippen MR) is 133 cm³/mol. The zero-order valence-electron chi connectivity index (χ0n) is 19.2. The first-order valence-corrected chi connectivity index (χ1v) is 13.6. The number of benzene rings is 1. The van der Waals surface area contributed by atoms with Crippen LogP contribution in [-0.4, -0.2) is 79.3 Å². The maximum Gasteiger partial charge on any atom is 0.326 e. The number of rotatable bonds is 9. The number of amides is 1. The Morgan fingerprint density at radius 2 is 2.06 bits per heavy atom. The number of carbonyl (C=O) groups is 3. The number of halogens is 1. The first-order valence-electron chi connectivity index (χ1n) is 11.0. The van der Waals surface area contributed by atoms with Crippen molar-refractivity contribution in [2.24, 2.45) is 0 Å². The fourth-order valence-corrected chi connectivity index (χ4v) is 6.05. The zero-order chi connectivity index (χ0) is 26.5. The maximum atomic E-state index is 12.7. The van der Waals surface area contributed by atoms with Crippen LogP contribution in [0.5, 0.6) is 0 Å². The van der Waals surface area contributed by atoms with E-state index in [1.54, 1.807) is 0 Å². The number of carbonyl (C=O) groups excluding carboxylic acids is 1. The highest BCUT2D eigenvalue weighted by molar-refractivity contribution is 7.97. The number of sulfonamides is 1. The van der Waals surface area contributed by atoms with Crippen molar-refractivity contribution in [1.82, 2.24) is 19.7 Å². The molecule has 0 saturated carbocycles. The molecule has 1 fully saturated rings. The molecule has 0 aromatic heterocycles. The summed E-state index contributed by atoms with van der Waals surface area (Å²) >= 11 is 7.42. The molecule has 2 aliphatic rings. The molecule has 1 amide bonds. The van der Waals surface area contributed by atoms with Gasteiger partial charge in [0.25, 0.3) is 0 Å². The van der Waals surface area contributed by atoms with Crippen molar-refractivity contribution in [2.45, 2.75) is 54.1 Å². The highest BCUT2D eigenvalue weighted by Gasteiger charge is 2.36. The molecule has 196 valence electrons. The van der Waals surface area contributed by atoms with Gasteiger partial charge in [-0.3, -0.25) is 14.9 Å². The van der Waals surface area contributed by atoms with E-state index in [-0.39, 0.29) is 22.9 Å². The van der Waals surface area contributed by atoms with Crippen LogP contribution < -0.4 is 20.1 Å². The Labute approximate surface area is 217 Å². The van der Waals surface area contributed by atoms with E-state index in [0.717, 1.165) is 0 Å². The van der Waals surface area contributed by atoms with Gasteiger partial charge in [-0.2, -0.15) is 4.72 Å². The van der Waals surface area contributed by atoms with Gasteiger partial charge in [-0.1, -0.05) is 23.4 Å². The smallest absolute Gasteiger partial charge is 0.326 e. The molecular formula is C21H26ClN5O7S2. The molecule has 0 unspecified atom stereocenters. The second-order valence-corrected chi connectivity index (χ2v) is 11.1. The minimum absolute atomic E-state index is 0.0427. The molecule has 3 rings (SSSR count). The Bertz CT molecular complexity index is 1200. The average molecular weight is 560 g/mol. The van der Waals surface area contributed by atoms with E-state index in [0.29, 0.717) is 36.6 Å². The lowest BCUT2D eigenvalue weighted by molar-refractivity contribution is -0.149. The normalized spacial score (nSPS) is 18.8. The van der Waals surface area contributed by atoms with Gasteiger partial charge < -0.3 is 20.4 Å². The zero-order valence-corrected chi connectivity index (χ0v) is 21.6. The first-order chi connectivity index (χ1) is 17.0. The Balaban J connectivity index is 1.57. The van der Waals surface area contributed by atoms with Crippen molar-refractivity contribution in [1.29, 1.82) is 0 Å². The predicted octanol–water partition coefficient (Wildman–Crippen LogP) is 0.498. The lowest BCUT2D eigenvalue weighted by Gasteiger charge is -2.26. The van der Waals surface area contributed by atoms with Crippen molar-refractivity contribution in [3.05, 3.63) is 17.2 Å². The Morgan fingerprint density at radius 1 is 1.31 bits per heavy atom. The molecule has 12 nitrogen and oxygen atoms in total. The average Bonchev–Trinajstić information content (AvgIpc) is 3.32. The van der Waals surface area contributed by atoms with E-state index >= 15 is 0 Å². The van der Waals surface area contributed by atoms with E-state index in [9.17, 15) is 33.0 Å². The van der Waals surface area contributed by atoms with Crippen molar-refractivity contribution >= 4 is 57.1 Å². The highest BCUT2D eigenvalue weighted by atomic mass is 35.5. The summed E-state index contributed by atoms with van der Waals surface area (Å²) in [6.07, 6.45) is 0.702. The third-order valence-corrected chi connectivity index (χ3v) is 8.29. The van der Waals surface area contributed by atoms with Gasteiger partial charge in [-0.25, -0.2) is 17.9 Å². The van der Waals surface area contributed by atoms with E-state index in [1.165, 1.54) is 35.9 Å². The Morgan fingerprint density at radius 3 is 2.75 bits per heavy atom. The summed E-state index contributed by atoms with van der Waals surface area (Å²) in [4.78, 5) is 37.4. The molecule has 0 spiro atoms. The van der Waals surface area contributed by atoms with E-state index in [2.05, 4.69) is 31.9 Å². The largest absolute Gasteiger partial charge is 0.480 e. The molecule has 15 heteroatoms. The van der Waals surface area contributed by atoms with Crippen molar-refractivity contribution < 1.29 is 33.0 Å². The van der Waals surface area contributed by atoms with Crippen LogP contribution in [0.15, 0.2) is 21.9 Å². The van der Waals surface area contributed by atoms with Crippen LogP contribution in [-0.2, 0) is 24.4 Å². The number of fused-ring (bicyclic) bond motifs is 1. The molecule has 0 radical (unpaired) electrons. The summed E-state index contributed by atoms with van der Waals surface area (Å²) in [6, 6.07) is -0.120. The minimum Gasteiger partial charge on any atom is -0.480 e. The quantitative estimate of drug-likeness (QED) is 0.183. The van der Waals surface area contributed by atoms with E-state index < -0.39 is 46.0 Å². The number of aliphatic carboxylic acids is 2. The van der Waals surface area contributed by atoms with Gasteiger partial charge in [-0.05, 0) is 43.8 Å². The van der Waals surface area contributed by atoms with Gasteiger partial charge in [0, 0.05) is 17.9 Å². The number of carboxylic acid groups (broad SMARTS) is 2. The monoisotopic (exact) mass is 559 g/mol. The number of hydrogen-bond donors (Lipinski definition) is 6. The second-order valence-electron chi connectivity index (χ2n) is 8.07. The molecule has 0 bridgehead atoms. The van der Waals surface area contributed by atoms with Crippen molar-refractivity contribution in [3.63, 3.8) is 0 Å². The summed E-state index contributed by atoms with van der Waals surface area (Å²) in [6.45, 7) is 1.98. The van der Waals surface area contributed by atoms with Crippen LogP contribution in [0, 0.1) is 11.8 Å². The van der Waals surface area contributed by atoms with Gasteiger partial charge in [0.15, 0.2) is 0 Å². The fourth-order valence-electron chi connectivity index (χ4n) is 3.78. The molecule has 1 aromatic rings. The standard InChI is InChI=1S/C21H26ClN5O7S2/c1-12(19(28)27-8-4-6-16(27)21(31)32)26-14(20(29)30)5-2-3-7-25-36(33,34)18-10-17-15(9-13(18)22)23-11-24-35-17/h9-10,12,14,16,23-26H,4-8,11H2,1H3,(H,29,30)(H,31,32)/t12-,14-,16-/m0/s1. The number of hydrogen-bond acceptors (Lipinski definition) is 9. The molecule has 1 aromatic carbocycles. The van der Waals surface area contributed by atoms with Crippen LogP contribution >= 0.6 is 23.5 Å². The number of likely N-dealkylation sites (tertiary alicyclic amines) is 1. The summed E-state index contributed by atoms with van der Waals surface area (Å²) < 4.78 is 30.6. The molecule has 0 aliphatic carbocycles. The highest BCUT2D eigenvalue weighted by Crippen LogP contribution is 2.35. The van der Waals surface area contributed by atoms with Gasteiger partial charge in [0.2, 0.25) is 15.9 Å². The van der Waals surface area contributed by atoms with Gasteiger partial charge >= 0.3 is 11.9 Å². The van der Waals surface area contributed by atoms with Gasteiger partial charge in [0.1, 0.15) is 17.0 Å². The number of carboxylic acids is 2. The van der Waals surface area contributed by atoms with Crippen LogP contribution in [0.3, 0.4) is 0 Å². The third kappa shape index (κ3) is 6.81. The van der Waals surface area contributed by atoms with Crippen LogP contribution in [0.25, 0.3) is 0 Å². The van der Waals surface area contributed by atoms with Crippen molar-refractivity contribution in [3.8, 4) is 11.8 Å². The number of nitrogens with zero attached hydrogens (tertiary/aromatic N) is 1. The topological polar surface area (TPSA) is 177 Å². The summed E-state index contributed by atoms with van der Waals surface area (Å²) in [5, 5.41) is 24.5. The Hall–Kier alpha value is -2.54. The molecule has 2 heterocycles. The first kappa shape index (κ1) is 28.0. The van der Waals surface area contributed by atoms with Gasteiger partial charge in [-0.15, -0.1) is 0 Å². The summed E-state index contributed by atoms with van der Waals surface area (Å²) in [7, 11) is -3.98. The van der Waals surface area contributed by atoms with Crippen molar-refractivity contribution in [2.75, 3.05) is 25.1 Å². The fraction of sp³-hybridized carbons (Fsp3) is 0.476. The van der Waals surface area contributed by atoms with E-state index in [4.69, 9.17) is 11.6 Å². The molecular weight excluding hydrogens is 534 g/mol. The number of nitrogens with one attached hydrogen (secondary N) is 4. The molecule has 2 aliphatic heterocycles. The lowest BCUT2D eigenvalue weighted by Crippen LogP contribution is -2.52. The molecule has 1 saturated heterocycles. The van der Waals surface area contributed by atoms with Crippen LogP contribution in [0.1, 0.15) is 26.2 Å². The van der Waals surface area contributed by atoms with Gasteiger partial charge in [0.05, 0.1) is 30.0 Å². The molecule has 36 heavy (non-hydrogen) atoms. The minimum atomic E-state index is -3.98. The second kappa shape index (κ2) is 12.1. The molecule has 3 atom stereocenters. The van der Waals surface area contributed by atoms with Crippen LogP contribution in [0.2, 0.25) is 5.02 Å². The SMILES string of the molecule is C[C@H](N[C@@H](CC#CCNS(=O)(=O)c1cc2c(cc1Cl)NCNS2)C(=O)O)C(=O)N1CCC[C@H]1C(=O)O. The summed E-state index contributed by atoms with van der Waals surface area (Å²) in [5.74, 6) is 2.32.